The Morgan fingerprint density at radius 3 is 1.52 bits per heavy atom. The van der Waals surface area contributed by atoms with Crippen LogP contribution in [0.5, 0.6) is 0 Å². The topological polar surface area (TPSA) is 131 Å². The van der Waals surface area contributed by atoms with Crippen LogP contribution in [0.3, 0.4) is 0 Å². The summed E-state index contributed by atoms with van der Waals surface area (Å²) in [6.45, 7) is 14.7. The summed E-state index contributed by atoms with van der Waals surface area (Å²) in [5.74, 6) is 1.37. The number of aromatic nitrogens is 2. The van der Waals surface area contributed by atoms with Gasteiger partial charge in [0.1, 0.15) is 22.3 Å². The number of rotatable bonds is 12. The van der Waals surface area contributed by atoms with Crippen molar-refractivity contribution in [2.45, 2.75) is 36.7 Å². The SMILES string of the molecule is CCN1CCN(c2ccc(CNS(=O)(=O)c3ccc(F)cc3)cn2)CC1.CCN1CCN(c2ccc(CNS(=O)(=O)c3ccccc3Cl)cn2)CC1. The highest BCUT2D eigenvalue weighted by Gasteiger charge is 2.20. The van der Waals surface area contributed by atoms with Crippen molar-refractivity contribution < 1.29 is 21.2 Å². The van der Waals surface area contributed by atoms with Crippen LogP contribution in [0.1, 0.15) is 25.0 Å². The van der Waals surface area contributed by atoms with Crippen LogP contribution in [0, 0.1) is 5.82 Å². The number of anilines is 2. The van der Waals surface area contributed by atoms with E-state index in [-0.39, 0.29) is 27.9 Å². The minimum absolute atomic E-state index is 0.0391. The average molecular weight is 773 g/mol. The van der Waals surface area contributed by atoms with Crippen LogP contribution in [0.2, 0.25) is 5.02 Å². The first kappa shape index (κ1) is 39.5. The third-order valence-corrected chi connectivity index (χ3v) is 12.4. The normalized spacial score (nSPS) is 16.0. The van der Waals surface area contributed by atoms with Crippen LogP contribution in [0.25, 0.3) is 0 Å². The predicted octanol–water partition coefficient (Wildman–Crippen LogP) is 4.20. The molecule has 6 rings (SSSR count). The smallest absolute Gasteiger partial charge is 0.242 e. The molecule has 2 saturated heterocycles. The molecule has 0 spiro atoms. The molecular formula is C36H46ClFN8O4S2. The van der Waals surface area contributed by atoms with Gasteiger partial charge in [0.25, 0.3) is 0 Å². The lowest BCUT2D eigenvalue weighted by molar-refractivity contribution is 0.270. The first-order valence-corrected chi connectivity index (χ1v) is 20.7. The molecule has 52 heavy (non-hydrogen) atoms. The molecule has 4 heterocycles. The number of piperazine rings is 2. The number of benzene rings is 2. The van der Waals surface area contributed by atoms with Gasteiger partial charge in [-0.25, -0.2) is 40.6 Å². The van der Waals surface area contributed by atoms with Crippen LogP contribution in [-0.2, 0) is 33.1 Å². The molecule has 0 aliphatic carbocycles. The molecule has 12 nitrogen and oxygen atoms in total. The monoisotopic (exact) mass is 772 g/mol. The van der Waals surface area contributed by atoms with Crippen LogP contribution < -0.4 is 19.2 Å². The van der Waals surface area contributed by atoms with E-state index in [1.807, 2.05) is 24.3 Å². The van der Waals surface area contributed by atoms with Gasteiger partial charge in [0.2, 0.25) is 20.0 Å². The van der Waals surface area contributed by atoms with Gasteiger partial charge in [-0.1, -0.05) is 49.7 Å². The zero-order valence-corrected chi connectivity index (χ0v) is 31.8. The van der Waals surface area contributed by atoms with Crippen LogP contribution >= 0.6 is 11.6 Å². The molecule has 2 aromatic carbocycles. The molecule has 0 unspecified atom stereocenters. The van der Waals surface area contributed by atoms with Gasteiger partial charge in [-0.05, 0) is 72.7 Å². The van der Waals surface area contributed by atoms with Gasteiger partial charge in [0.05, 0.1) is 9.92 Å². The van der Waals surface area contributed by atoms with Crippen molar-refractivity contribution in [1.29, 1.82) is 0 Å². The number of nitrogens with zero attached hydrogens (tertiary/aromatic N) is 6. The number of likely N-dealkylation sites (N-methyl/N-ethyl adjacent to an activating group) is 2. The van der Waals surface area contributed by atoms with Crippen molar-refractivity contribution in [2.24, 2.45) is 0 Å². The summed E-state index contributed by atoms with van der Waals surface area (Å²) < 4.78 is 67.2. The lowest BCUT2D eigenvalue weighted by Gasteiger charge is -2.34. The van der Waals surface area contributed by atoms with Crippen molar-refractivity contribution in [3.8, 4) is 0 Å². The zero-order valence-electron chi connectivity index (χ0n) is 29.5. The van der Waals surface area contributed by atoms with Gasteiger partial charge in [0.15, 0.2) is 0 Å². The van der Waals surface area contributed by atoms with Gasteiger partial charge < -0.3 is 19.6 Å². The Morgan fingerprint density at radius 1 is 0.635 bits per heavy atom. The van der Waals surface area contributed by atoms with E-state index in [0.29, 0.717) is 0 Å². The second-order valence-corrected chi connectivity index (χ2v) is 16.3. The minimum Gasteiger partial charge on any atom is -0.354 e. The van der Waals surface area contributed by atoms with Crippen molar-refractivity contribution in [1.82, 2.24) is 29.2 Å². The van der Waals surface area contributed by atoms with E-state index in [1.165, 1.54) is 18.2 Å². The van der Waals surface area contributed by atoms with Gasteiger partial charge in [-0.15, -0.1) is 0 Å². The van der Waals surface area contributed by atoms with E-state index in [0.717, 1.165) is 100 Å². The van der Waals surface area contributed by atoms with E-state index >= 15 is 0 Å². The Labute approximate surface area is 311 Å². The Hall–Kier alpha value is -3.70. The third-order valence-electron chi connectivity index (χ3n) is 9.09. The standard InChI is InChI=1S/C18H23ClN4O2S.C18H23FN4O2S/c1-2-22-9-11-23(12-10-22)18-8-7-15(13-20-18)14-21-26(24,25)17-6-4-3-5-16(17)19;1-2-22-9-11-23(12-10-22)18-8-3-15(13-20-18)14-21-26(24,25)17-6-4-16(19)5-7-17/h2*3-8,13,21H,2,9-12,14H2,1H3. The molecule has 0 amide bonds. The second-order valence-electron chi connectivity index (χ2n) is 12.4. The molecule has 0 bridgehead atoms. The predicted molar refractivity (Wildman–Crippen MR) is 203 cm³/mol. The number of hydrogen-bond acceptors (Lipinski definition) is 10. The molecule has 2 N–H and O–H groups in total. The number of nitrogens with one attached hydrogen (secondary N) is 2. The molecule has 280 valence electrons. The van der Waals surface area contributed by atoms with Crippen molar-refractivity contribution in [3.05, 3.63) is 107 Å². The van der Waals surface area contributed by atoms with Crippen molar-refractivity contribution in [3.63, 3.8) is 0 Å². The number of halogens is 2. The highest BCUT2D eigenvalue weighted by atomic mass is 35.5. The van der Waals surface area contributed by atoms with Crippen molar-refractivity contribution in [2.75, 3.05) is 75.2 Å². The highest BCUT2D eigenvalue weighted by Crippen LogP contribution is 2.21. The molecule has 0 atom stereocenters. The fourth-order valence-corrected chi connectivity index (χ4v) is 8.35. The van der Waals surface area contributed by atoms with Crippen LogP contribution in [-0.4, -0.2) is 102 Å². The van der Waals surface area contributed by atoms with E-state index in [2.05, 4.69) is 52.9 Å². The maximum Gasteiger partial charge on any atom is 0.242 e. The van der Waals surface area contributed by atoms with E-state index in [4.69, 9.17) is 11.6 Å². The Kier molecular flexibility index (Phi) is 14.0. The largest absolute Gasteiger partial charge is 0.354 e. The molecule has 0 saturated carbocycles. The summed E-state index contributed by atoms with van der Waals surface area (Å²) in [4.78, 5) is 18.4. The Morgan fingerprint density at radius 2 is 1.10 bits per heavy atom. The van der Waals surface area contributed by atoms with Gasteiger partial charge >= 0.3 is 0 Å². The quantitative estimate of drug-likeness (QED) is 0.216. The second kappa shape index (κ2) is 18.4. The average Bonchev–Trinajstić information content (AvgIpc) is 3.17. The first-order valence-electron chi connectivity index (χ1n) is 17.3. The highest BCUT2D eigenvalue weighted by molar-refractivity contribution is 7.89. The summed E-state index contributed by atoms with van der Waals surface area (Å²) in [5, 5.41) is 0.208. The Bertz CT molecular complexity index is 1940. The van der Waals surface area contributed by atoms with Gasteiger partial charge in [-0.2, -0.15) is 0 Å². The lowest BCUT2D eigenvalue weighted by atomic mass is 10.2. The number of hydrogen-bond donors (Lipinski definition) is 2. The lowest BCUT2D eigenvalue weighted by Crippen LogP contribution is -2.46. The van der Waals surface area contributed by atoms with Gasteiger partial charge in [0, 0.05) is 77.8 Å². The molecule has 4 aromatic rings. The van der Waals surface area contributed by atoms with E-state index < -0.39 is 25.9 Å². The van der Waals surface area contributed by atoms with Crippen LogP contribution in [0.4, 0.5) is 16.0 Å². The zero-order chi connectivity index (χ0) is 37.1. The van der Waals surface area contributed by atoms with E-state index in [9.17, 15) is 21.2 Å². The maximum absolute atomic E-state index is 12.9. The molecule has 2 aliphatic heterocycles. The molecule has 2 fully saturated rings. The first-order chi connectivity index (χ1) is 25.0. The molecule has 2 aromatic heterocycles. The summed E-state index contributed by atoms with van der Waals surface area (Å²) in [6.07, 6.45) is 3.41. The summed E-state index contributed by atoms with van der Waals surface area (Å²) >= 11 is 5.98. The van der Waals surface area contributed by atoms with Crippen molar-refractivity contribution >= 4 is 43.3 Å². The molecular weight excluding hydrogens is 727 g/mol. The van der Waals surface area contributed by atoms with Crippen LogP contribution in [0.15, 0.2) is 95.0 Å². The summed E-state index contributed by atoms with van der Waals surface area (Å²) in [7, 11) is -7.33. The molecule has 0 radical (unpaired) electrons. The van der Waals surface area contributed by atoms with E-state index in [1.54, 1.807) is 30.6 Å². The summed E-state index contributed by atoms with van der Waals surface area (Å²) in [5.41, 5.74) is 1.57. The number of sulfonamides is 2. The Balaban J connectivity index is 0.000000201. The van der Waals surface area contributed by atoms with Gasteiger partial charge in [-0.3, -0.25) is 0 Å². The minimum atomic E-state index is -3.68. The third kappa shape index (κ3) is 10.9. The maximum atomic E-state index is 12.9. The molecule has 2 aliphatic rings. The summed E-state index contributed by atoms with van der Waals surface area (Å²) in [6, 6.07) is 18.8. The fourth-order valence-electron chi connectivity index (χ4n) is 5.80. The fraction of sp³-hybridized carbons (Fsp3) is 0.389. The number of pyridine rings is 2. The molecule has 16 heteroatoms.